The van der Waals surface area contributed by atoms with Gasteiger partial charge in [-0.2, -0.15) is 0 Å². The third kappa shape index (κ3) is 3.56. The molecule has 1 aliphatic carbocycles. The predicted octanol–water partition coefficient (Wildman–Crippen LogP) is 3.80. The van der Waals surface area contributed by atoms with Crippen LogP contribution in [0.4, 0.5) is 5.69 Å². The van der Waals surface area contributed by atoms with Gasteiger partial charge in [0, 0.05) is 18.2 Å². The summed E-state index contributed by atoms with van der Waals surface area (Å²) in [6.07, 6.45) is 1.93. The third-order valence-electron chi connectivity index (χ3n) is 5.16. The average molecular weight is 417 g/mol. The zero-order chi connectivity index (χ0) is 15.7. The summed E-state index contributed by atoms with van der Waals surface area (Å²) < 4.78 is 5.61. The number of aliphatic imine (C=N–C) groups is 1. The molecule has 2 atom stereocenters. The third-order valence-corrected chi connectivity index (χ3v) is 5.16. The Kier molecular flexibility index (Phi) is 6.27. The van der Waals surface area contributed by atoms with E-state index >= 15 is 0 Å². The van der Waals surface area contributed by atoms with Gasteiger partial charge in [0.25, 0.3) is 0 Å². The fourth-order valence-corrected chi connectivity index (χ4v) is 2.83. The van der Waals surface area contributed by atoms with Crippen LogP contribution in [0.15, 0.2) is 29.3 Å². The highest BCUT2D eigenvalue weighted by atomic mass is 127. The first kappa shape index (κ1) is 19.2. The summed E-state index contributed by atoms with van der Waals surface area (Å²) in [6.45, 7) is 8.63. The molecule has 4 nitrogen and oxygen atoms in total. The van der Waals surface area contributed by atoms with Crippen LogP contribution in [0.25, 0.3) is 0 Å². The van der Waals surface area contributed by atoms with Gasteiger partial charge in [-0.15, -0.1) is 24.0 Å². The Morgan fingerprint density at radius 1 is 1.32 bits per heavy atom. The van der Waals surface area contributed by atoms with Crippen molar-refractivity contribution < 1.29 is 4.74 Å². The standard InChI is InChI=1S/C17H27N3O.HI/c1-6-12-7-9-13(10-8-12)19-15(18)20-14-11-17(4,21-5)16(14,2)3;/h7-10,14H,6,11H2,1-5H3,(H3,18,19,20);1H. The zero-order valence-corrected chi connectivity index (χ0v) is 16.5. The van der Waals surface area contributed by atoms with E-state index in [0.29, 0.717) is 5.96 Å². The Labute approximate surface area is 150 Å². The molecule has 1 aromatic carbocycles. The lowest BCUT2D eigenvalue weighted by Gasteiger charge is -2.57. The van der Waals surface area contributed by atoms with Crippen LogP contribution in [-0.4, -0.2) is 24.7 Å². The maximum atomic E-state index is 6.04. The first-order valence-corrected chi connectivity index (χ1v) is 7.57. The van der Waals surface area contributed by atoms with Crippen molar-refractivity contribution in [1.29, 1.82) is 0 Å². The highest BCUT2D eigenvalue weighted by Gasteiger charge is 2.58. The van der Waals surface area contributed by atoms with Crippen LogP contribution >= 0.6 is 24.0 Å². The van der Waals surface area contributed by atoms with Crippen LogP contribution in [0.2, 0.25) is 0 Å². The molecule has 0 spiro atoms. The number of hydrogen-bond acceptors (Lipinski definition) is 2. The minimum atomic E-state index is -0.121. The molecule has 3 N–H and O–H groups in total. The maximum absolute atomic E-state index is 6.04. The summed E-state index contributed by atoms with van der Waals surface area (Å²) in [4.78, 5) is 4.62. The highest BCUT2D eigenvalue weighted by molar-refractivity contribution is 14.0. The van der Waals surface area contributed by atoms with Crippen LogP contribution < -0.4 is 11.1 Å². The molecule has 0 amide bonds. The van der Waals surface area contributed by atoms with Gasteiger partial charge in [0.2, 0.25) is 0 Å². The van der Waals surface area contributed by atoms with E-state index in [2.05, 4.69) is 50.1 Å². The summed E-state index contributed by atoms with van der Waals surface area (Å²) >= 11 is 0. The van der Waals surface area contributed by atoms with E-state index in [9.17, 15) is 0 Å². The lowest BCUT2D eigenvalue weighted by Crippen LogP contribution is -2.62. The van der Waals surface area contributed by atoms with Gasteiger partial charge in [-0.05, 0) is 37.5 Å². The summed E-state index contributed by atoms with van der Waals surface area (Å²) in [6, 6.07) is 8.46. The molecular formula is C17H28IN3O. The summed E-state index contributed by atoms with van der Waals surface area (Å²) in [7, 11) is 1.76. The molecule has 2 unspecified atom stereocenters. The van der Waals surface area contributed by atoms with Gasteiger partial charge < -0.3 is 15.8 Å². The first-order chi connectivity index (χ1) is 9.82. The van der Waals surface area contributed by atoms with E-state index in [0.717, 1.165) is 18.5 Å². The second kappa shape index (κ2) is 7.17. The van der Waals surface area contributed by atoms with Crippen LogP contribution in [0, 0.1) is 5.41 Å². The van der Waals surface area contributed by atoms with E-state index in [1.807, 2.05) is 12.1 Å². The number of anilines is 1. The summed E-state index contributed by atoms with van der Waals surface area (Å²) in [5.74, 6) is 0.468. The Hall–Kier alpha value is -0.820. The fourth-order valence-electron chi connectivity index (χ4n) is 2.83. The zero-order valence-electron chi connectivity index (χ0n) is 14.1. The van der Waals surface area contributed by atoms with Crippen molar-refractivity contribution in [2.24, 2.45) is 16.1 Å². The maximum Gasteiger partial charge on any atom is 0.193 e. The van der Waals surface area contributed by atoms with E-state index in [1.165, 1.54) is 5.56 Å². The van der Waals surface area contributed by atoms with Gasteiger partial charge in [0.1, 0.15) is 0 Å². The number of guanidine groups is 1. The van der Waals surface area contributed by atoms with Gasteiger partial charge >= 0.3 is 0 Å². The second-order valence-electron chi connectivity index (χ2n) is 6.57. The number of nitrogens with one attached hydrogen (secondary N) is 1. The molecule has 2 rings (SSSR count). The Balaban J connectivity index is 0.00000242. The fraction of sp³-hybridized carbons (Fsp3) is 0.588. The molecule has 124 valence electrons. The Bertz CT molecular complexity index is 527. The number of methoxy groups -OCH3 is 1. The largest absolute Gasteiger partial charge is 0.378 e. The van der Waals surface area contributed by atoms with Crippen LogP contribution in [0.5, 0.6) is 0 Å². The first-order valence-electron chi connectivity index (χ1n) is 7.57. The van der Waals surface area contributed by atoms with Crippen molar-refractivity contribution >= 4 is 35.6 Å². The van der Waals surface area contributed by atoms with Crippen molar-refractivity contribution in [3.8, 4) is 0 Å². The van der Waals surface area contributed by atoms with E-state index < -0.39 is 0 Å². The number of nitrogens with two attached hydrogens (primary N) is 1. The second-order valence-corrected chi connectivity index (χ2v) is 6.57. The molecule has 5 heteroatoms. The SMILES string of the molecule is CCc1ccc(NC(N)=NC2CC(C)(OC)C2(C)C)cc1.I. The summed E-state index contributed by atoms with van der Waals surface area (Å²) in [5, 5.41) is 3.16. The topological polar surface area (TPSA) is 59.6 Å². The number of aryl methyl sites for hydroxylation is 1. The van der Waals surface area contributed by atoms with E-state index in [1.54, 1.807) is 7.11 Å². The molecule has 1 saturated carbocycles. The number of ether oxygens (including phenoxy) is 1. The molecular weight excluding hydrogens is 389 g/mol. The molecule has 0 aliphatic heterocycles. The lowest BCUT2D eigenvalue weighted by molar-refractivity contribution is -0.171. The molecule has 0 heterocycles. The van der Waals surface area contributed by atoms with E-state index in [-0.39, 0.29) is 41.0 Å². The molecule has 1 fully saturated rings. The van der Waals surface area contributed by atoms with Crippen molar-refractivity contribution in [3.63, 3.8) is 0 Å². The van der Waals surface area contributed by atoms with Gasteiger partial charge in [0.05, 0.1) is 11.6 Å². The Morgan fingerprint density at radius 2 is 1.91 bits per heavy atom. The molecule has 0 bridgehead atoms. The van der Waals surface area contributed by atoms with Crippen molar-refractivity contribution in [2.45, 2.75) is 52.2 Å². The summed E-state index contributed by atoms with van der Waals surface area (Å²) in [5.41, 5.74) is 8.19. The molecule has 0 aromatic heterocycles. The minimum Gasteiger partial charge on any atom is -0.378 e. The number of hydrogen-bond donors (Lipinski definition) is 2. The molecule has 1 aliphatic rings. The van der Waals surface area contributed by atoms with Crippen molar-refractivity contribution in [1.82, 2.24) is 0 Å². The van der Waals surface area contributed by atoms with Crippen LogP contribution in [0.3, 0.4) is 0 Å². The monoisotopic (exact) mass is 417 g/mol. The van der Waals surface area contributed by atoms with Crippen LogP contribution in [0.1, 0.15) is 39.7 Å². The highest BCUT2D eigenvalue weighted by Crippen LogP contribution is 2.53. The number of halogens is 1. The van der Waals surface area contributed by atoms with Gasteiger partial charge in [0.15, 0.2) is 5.96 Å². The van der Waals surface area contributed by atoms with Gasteiger partial charge in [-0.1, -0.05) is 32.9 Å². The van der Waals surface area contributed by atoms with Crippen molar-refractivity contribution in [2.75, 3.05) is 12.4 Å². The molecule has 1 aromatic rings. The van der Waals surface area contributed by atoms with Gasteiger partial charge in [-0.25, -0.2) is 4.99 Å². The number of benzene rings is 1. The molecule has 22 heavy (non-hydrogen) atoms. The molecule has 0 saturated heterocycles. The Morgan fingerprint density at radius 3 is 2.36 bits per heavy atom. The van der Waals surface area contributed by atoms with Crippen molar-refractivity contribution in [3.05, 3.63) is 29.8 Å². The normalized spacial score (nSPS) is 26.8. The average Bonchev–Trinajstić information content (AvgIpc) is 2.47. The van der Waals surface area contributed by atoms with Crippen LogP contribution in [-0.2, 0) is 11.2 Å². The minimum absolute atomic E-state index is 0. The van der Waals surface area contributed by atoms with E-state index in [4.69, 9.17) is 10.5 Å². The van der Waals surface area contributed by atoms with Gasteiger partial charge in [-0.3, -0.25) is 0 Å². The number of rotatable bonds is 4. The lowest BCUT2D eigenvalue weighted by atomic mass is 9.56. The smallest absolute Gasteiger partial charge is 0.193 e. The number of nitrogens with zero attached hydrogens (tertiary/aromatic N) is 1. The molecule has 0 radical (unpaired) electrons. The quantitative estimate of drug-likeness (QED) is 0.445. The predicted molar refractivity (Wildman–Crippen MR) is 104 cm³/mol.